The fourth-order valence-electron chi connectivity index (χ4n) is 5.06. The number of ketones is 1. The molecule has 4 aromatic rings. The maximum absolute atomic E-state index is 13.8. The van der Waals surface area contributed by atoms with E-state index in [9.17, 15) is 18.3 Å². The Balaban J connectivity index is 1.37. The molecule has 2 heterocycles. The zero-order valence-electron chi connectivity index (χ0n) is 21.6. The molecule has 40 heavy (non-hydrogen) atoms. The van der Waals surface area contributed by atoms with E-state index in [1.807, 2.05) is 47.2 Å². The summed E-state index contributed by atoms with van der Waals surface area (Å²) in [5.74, 6) is -0.216. The average molecular weight is 579 g/mol. The first-order valence-electron chi connectivity index (χ1n) is 13.0. The van der Waals surface area contributed by atoms with Gasteiger partial charge in [0, 0.05) is 36.0 Å². The number of aliphatic hydroxyl groups excluding tert-OH is 1. The number of rotatable bonds is 11. The highest BCUT2D eigenvalue weighted by Gasteiger charge is 2.34. The van der Waals surface area contributed by atoms with Crippen molar-refractivity contribution in [3.05, 3.63) is 111 Å². The fraction of sp³-hybridized carbons (Fsp3) is 0.276. The van der Waals surface area contributed by atoms with Crippen LogP contribution in [0.2, 0.25) is 0 Å². The first-order valence-corrected chi connectivity index (χ1v) is 15.2. The number of nitrogens with one attached hydrogen (secondary N) is 2. The predicted molar refractivity (Wildman–Crippen MR) is 154 cm³/mol. The summed E-state index contributed by atoms with van der Waals surface area (Å²) in [6.45, 7) is -0.0860. The van der Waals surface area contributed by atoms with Gasteiger partial charge in [-0.05, 0) is 42.0 Å². The summed E-state index contributed by atoms with van der Waals surface area (Å²) < 4.78 is 33.1. The van der Waals surface area contributed by atoms with Crippen LogP contribution in [0.1, 0.15) is 49.6 Å². The van der Waals surface area contributed by atoms with Crippen molar-refractivity contribution >= 4 is 33.2 Å². The Bertz CT molecular complexity index is 1500. The zero-order valence-corrected chi connectivity index (χ0v) is 23.2. The van der Waals surface area contributed by atoms with E-state index in [0.29, 0.717) is 35.5 Å². The van der Waals surface area contributed by atoms with Crippen LogP contribution in [0.3, 0.4) is 0 Å². The van der Waals surface area contributed by atoms with Crippen LogP contribution < -0.4 is 10.0 Å². The van der Waals surface area contributed by atoms with Gasteiger partial charge in [-0.25, -0.2) is 9.97 Å². The SMILES string of the molecule is O=C(c1cc(Cc2ccccc2)c(Cc2ccccc2)s1)c1cncnc1N[C@@H]1C[C@H](CNS(=O)(=O)O)[C@@H](O)C1. The van der Waals surface area contributed by atoms with Crippen LogP contribution in [-0.2, 0) is 23.1 Å². The lowest BCUT2D eigenvalue weighted by molar-refractivity contribution is 0.104. The molecular formula is C29H30N4O5S2. The molecule has 0 aliphatic heterocycles. The Hall–Kier alpha value is -3.48. The maximum Gasteiger partial charge on any atom is 0.333 e. The number of thiophene rings is 1. The monoisotopic (exact) mass is 578 g/mol. The third-order valence-electron chi connectivity index (χ3n) is 7.05. The summed E-state index contributed by atoms with van der Waals surface area (Å²) >= 11 is 1.48. The zero-order chi connectivity index (χ0) is 28.1. The lowest BCUT2D eigenvalue weighted by Gasteiger charge is -2.15. The molecule has 0 amide bonds. The maximum atomic E-state index is 13.8. The Kier molecular flexibility index (Phi) is 8.67. The summed E-state index contributed by atoms with van der Waals surface area (Å²) in [7, 11) is -4.35. The van der Waals surface area contributed by atoms with Crippen LogP contribution in [0.5, 0.6) is 0 Å². The molecule has 208 valence electrons. The molecule has 0 spiro atoms. The summed E-state index contributed by atoms with van der Waals surface area (Å²) in [5, 5.41) is 13.7. The number of benzene rings is 2. The van der Waals surface area contributed by atoms with Crippen LogP contribution in [0, 0.1) is 5.92 Å². The van der Waals surface area contributed by atoms with Gasteiger partial charge in [0.15, 0.2) is 0 Å². The molecule has 4 N–H and O–H groups in total. The molecule has 9 nitrogen and oxygen atoms in total. The predicted octanol–water partition coefficient (Wildman–Crippen LogP) is 3.89. The Morgan fingerprint density at radius 1 is 1.00 bits per heavy atom. The van der Waals surface area contributed by atoms with Crippen molar-refractivity contribution in [2.75, 3.05) is 11.9 Å². The second kappa shape index (κ2) is 12.4. The number of anilines is 1. The first-order chi connectivity index (χ1) is 19.2. The molecule has 0 unspecified atom stereocenters. The second-order valence-corrected chi connectivity index (χ2v) is 12.3. The van der Waals surface area contributed by atoms with E-state index in [0.717, 1.165) is 22.4 Å². The number of carbonyl (C=O) groups is 1. The molecule has 1 aliphatic carbocycles. The van der Waals surface area contributed by atoms with E-state index in [-0.39, 0.29) is 18.4 Å². The number of carbonyl (C=O) groups excluding carboxylic acids is 1. The molecule has 1 saturated carbocycles. The van der Waals surface area contributed by atoms with Gasteiger partial charge in [-0.1, -0.05) is 60.7 Å². The van der Waals surface area contributed by atoms with Gasteiger partial charge in [-0.3, -0.25) is 9.35 Å². The van der Waals surface area contributed by atoms with Gasteiger partial charge in [0.2, 0.25) is 5.78 Å². The first kappa shape index (κ1) is 28.1. The van der Waals surface area contributed by atoms with E-state index in [2.05, 4.69) is 39.6 Å². The third kappa shape index (κ3) is 7.18. The smallest absolute Gasteiger partial charge is 0.333 e. The number of aliphatic hydroxyl groups is 1. The van der Waals surface area contributed by atoms with Gasteiger partial charge < -0.3 is 10.4 Å². The van der Waals surface area contributed by atoms with Crippen molar-refractivity contribution < 1.29 is 22.9 Å². The lowest BCUT2D eigenvalue weighted by atomic mass is 10.0. The summed E-state index contributed by atoms with van der Waals surface area (Å²) in [4.78, 5) is 23.9. The van der Waals surface area contributed by atoms with Crippen molar-refractivity contribution in [2.24, 2.45) is 5.92 Å². The van der Waals surface area contributed by atoms with E-state index >= 15 is 0 Å². The van der Waals surface area contributed by atoms with E-state index in [1.165, 1.54) is 29.4 Å². The Morgan fingerprint density at radius 2 is 1.68 bits per heavy atom. The van der Waals surface area contributed by atoms with Gasteiger partial charge >= 0.3 is 10.3 Å². The molecule has 1 aliphatic rings. The highest BCUT2D eigenvalue weighted by atomic mass is 32.2. The largest absolute Gasteiger partial charge is 0.393 e. The quantitative estimate of drug-likeness (QED) is 0.155. The van der Waals surface area contributed by atoms with E-state index < -0.39 is 22.3 Å². The highest BCUT2D eigenvalue weighted by molar-refractivity contribution is 7.83. The van der Waals surface area contributed by atoms with Crippen molar-refractivity contribution in [3.8, 4) is 0 Å². The molecule has 0 bridgehead atoms. The van der Waals surface area contributed by atoms with E-state index in [1.54, 1.807) is 0 Å². The summed E-state index contributed by atoms with van der Waals surface area (Å²) in [5.41, 5.74) is 3.76. The second-order valence-electron chi connectivity index (χ2n) is 9.96. The summed E-state index contributed by atoms with van der Waals surface area (Å²) in [6.07, 6.45) is 4.29. The third-order valence-corrected chi connectivity index (χ3v) is 8.76. The van der Waals surface area contributed by atoms with Crippen LogP contribution in [0.4, 0.5) is 5.82 Å². The minimum atomic E-state index is -4.35. The van der Waals surface area contributed by atoms with Crippen LogP contribution in [0.25, 0.3) is 0 Å². The molecule has 0 saturated heterocycles. The van der Waals surface area contributed by atoms with Crippen LogP contribution in [-0.4, -0.2) is 52.5 Å². The molecule has 2 aromatic heterocycles. The van der Waals surface area contributed by atoms with Gasteiger partial charge in [0.05, 0.1) is 16.5 Å². The van der Waals surface area contributed by atoms with Gasteiger partial charge in [-0.2, -0.15) is 13.1 Å². The number of hydrogen-bond donors (Lipinski definition) is 4. The number of aromatic nitrogens is 2. The molecule has 11 heteroatoms. The highest BCUT2D eigenvalue weighted by Crippen LogP contribution is 2.32. The standard InChI is InChI=1S/C29H30N4O5S2/c34-25-15-23(13-22(25)16-32-40(36,37)38)33-29-24(17-30-18-31-29)28(35)27-14-21(11-19-7-3-1-4-8-19)26(39-27)12-20-9-5-2-6-10-20/h1-10,14,17-18,22-23,25,32,34H,11-13,15-16H2,(H,30,31,33)(H,36,37,38)/t22-,23-,25+/m1/s1. The van der Waals surface area contributed by atoms with Crippen molar-refractivity contribution in [3.63, 3.8) is 0 Å². The molecule has 1 fully saturated rings. The minimum Gasteiger partial charge on any atom is -0.393 e. The van der Waals surface area contributed by atoms with Crippen molar-refractivity contribution in [2.45, 2.75) is 37.8 Å². The van der Waals surface area contributed by atoms with Crippen molar-refractivity contribution in [1.82, 2.24) is 14.7 Å². The minimum absolute atomic E-state index is 0.0860. The Labute approximate surface area is 237 Å². The van der Waals surface area contributed by atoms with Crippen LogP contribution in [0.15, 0.2) is 79.3 Å². The van der Waals surface area contributed by atoms with E-state index in [4.69, 9.17) is 4.55 Å². The molecule has 3 atom stereocenters. The van der Waals surface area contributed by atoms with Gasteiger partial charge in [-0.15, -0.1) is 11.3 Å². The summed E-state index contributed by atoms with van der Waals surface area (Å²) in [6, 6.07) is 22.0. The van der Waals surface area contributed by atoms with Gasteiger partial charge in [0.1, 0.15) is 12.1 Å². The Morgan fingerprint density at radius 3 is 2.35 bits per heavy atom. The molecule has 2 aromatic carbocycles. The molecule has 0 radical (unpaired) electrons. The van der Waals surface area contributed by atoms with Crippen LogP contribution >= 0.6 is 11.3 Å². The number of nitrogens with zero attached hydrogens (tertiary/aromatic N) is 2. The number of hydrogen-bond acceptors (Lipinski definition) is 8. The molecule has 5 rings (SSSR count). The molecular weight excluding hydrogens is 548 g/mol. The van der Waals surface area contributed by atoms with Crippen molar-refractivity contribution in [1.29, 1.82) is 0 Å². The normalized spacial score (nSPS) is 19.0. The van der Waals surface area contributed by atoms with Gasteiger partial charge in [0.25, 0.3) is 0 Å². The fourth-order valence-corrected chi connectivity index (χ4v) is 6.66. The topological polar surface area (TPSA) is 142 Å². The lowest BCUT2D eigenvalue weighted by Crippen LogP contribution is -2.32. The average Bonchev–Trinajstić information content (AvgIpc) is 3.50.